The summed E-state index contributed by atoms with van der Waals surface area (Å²) in [6.45, 7) is 4.23. The van der Waals surface area contributed by atoms with Gasteiger partial charge in [0.25, 0.3) is 0 Å². The number of carbonyl (C=O) groups is 2. The van der Waals surface area contributed by atoms with Crippen LogP contribution in [0.3, 0.4) is 0 Å². The fourth-order valence-corrected chi connectivity index (χ4v) is 7.53. The molecule has 1 amide bonds. The minimum Gasteiger partial charge on any atom is -0.478 e. The summed E-state index contributed by atoms with van der Waals surface area (Å²) in [5, 5.41) is 10.4. The average Bonchev–Trinajstić information content (AvgIpc) is 3.34. The molecule has 1 N–H and O–H groups in total. The van der Waals surface area contributed by atoms with Crippen molar-refractivity contribution in [2.75, 3.05) is 13.2 Å². The van der Waals surface area contributed by atoms with Crippen molar-refractivity contribution in [3.8, 4) is 0 Å². The van der Waals surface area contributed by atoms with Gasteiger partial charge >= 0.3 is 12.1 Å². The second-order valence-electron chi connectivity index (χ2n) is 8.50. The van der Waals surface area contributed by atoms with Crippen LogP contribution in [0.15, 0.2) is 115 Å². The van der Waals surface area contributed by atoms with Crippen molar-refractivity contribution in [3.63, 3.8) is 0 Å². The molecule has 0 aliphatic carbocycles. The number of thioether (sulfide) groups is 2. The SMILES string of the molecule is C=CCOC(=O)N1CC(SC(c2ccccc2)(c2ccccc2)c2ccccc2)CC1S/C=C\C(=O)O. The minimum atomic E-state index is -1.02. The Labute approximate surface area is 226 Å². The van der Waals surface area contributed by atoms with Gasteiger partial charge in [0.05, 0.1) is 10.1 Å². The zero-order valence-corrected chi connectivity index (χ0v) is 21.9. The molecule has 2 atom stereocenters. The van der Waals surface area contributed by atoms with Gasteiger partial charge in [-0.1, -0.05) is 104 Å². The number of carboxylic acids is 1. The van der Waals surface area contributed by atoms with Crippen molar-refractivity contribution in [2.45, 2.75) is 21.8 Å². The second kappa shape index (κ2) is 12.7. The molecule has 0 radical (unpaired) electrons. The topological polar surface area (TPSA) is 66.8 Å². The van der Waals surface area contributed by atoms with Gasteiger partial charge in [-0.05, 0) is 28.5 Å². The molecule has 0 spiro atoms. The summed E-state index contributed by atoms with van der Waals surface area (Å²) in [4.78, 5) is 25.7. The average molecular weight is 532 g/mol. The van der Waals surface area contributed by atoms with Gasteiger partial charge in [-0.25, -0.2) is 9.59 Å². The highest BCUT2D eigenvalue weighted by Gasteiger charge is 2.44. The quantitative estimate of drug-likeness (QED) is 0.177. The molecule has 1 aliphatic rings. The van der Waals surface area contributed by atoms with Crippen molar-refractivity contribution in [3.05, 3.63) is 132 Å². The van der Waals surface area contributed by atoms with Crippen LogP contribution in [0.4, 0.5) is 4.79 Å². The molecule has 3 aromatic rings. The van der Waals surface area contributed by atoms with E-state index in [1.165, 1.54) is 23.2 Å². The lowest BCUT2D eigenvalue weighted by atomic mass is 9.84. The normalized spacial score (nSPS) is 17.6. The number of nitrogens with zero attached hydrogens (tertiary/aromatic N) is 1. The summed E-state index contributed by atoms with van der Waals surface area (Å²) in [7, 11) is 0. The third-order valence-corrected chi connectivity index (χ3v) is 8.89. The largest absolute Gasteiger partial charge is 0.478 e. The van der Waals surface area contributed by atoms with Crippen LogP contribution in [0, 0.1) is 0 Å². The van der Waals surface area contributed by atoms with E-state index in [0.717, 1.165) is 22.8 Å². The van der Waals surface area contributed by atoms with Gasteiger partial charge in [0.1, 0.15) is 6.61 Å². The molecule has 1 fully saturated rings. The number of carbonyl (C=O) groups excluding carboxylic acids is 1. The molecule has 1 saturated heterocycles. The lowest BCUT2D eigenvalue weighted by Gasteiger charge is -2.37. The number of hydrogen-bond donors (Lipinski definition) is 1. The van der Waals surface area contributed by atoms with E-state index in [4.69, 9.17) is 9.84 Å². The Balaban J connectivity index is 1.74. The summed E-state index contributed by atoms with van der Waals surface area (Å²) in [5.74, 6) is -1.02. The zero-order valence-electron chi connectivity index (χ0n) is 20.3. The van der Waals surface area contributed by atoms with E-state index in [-0.39, 0.29) is 17.2 Å². The summed E-state index contributed by atoms with van der Waals surface area (Å²) in [5.41, 5.74) is 3.46. The smallest absolute Gasteiger partial charge is 0.411 e. The van der Waals surface area contributed by atoms with Crippen LogP contribution in [0.5, 0.6) is 0 Å². The van der Waals surface area contributed by atoms with Crippen LogP contribution in [-0.2, 0) is 14.3 Å². The first-order valence-corrected chi connectivity index (χ1v) is 13.8. The number of hydrogen-bond acceptors (Lipinski definition) is 5. The molecular formula is C30H29NO4S2. The van der Waals surface area contributed by atoms with E-state index in [2.05, 4.69) is 79.4 Å². The maximum absolute atomic E-state index is 12.9. The monoisotopic (exact) mass is 531 g/mol. The molecule has 37 heavy (non-hydrogen) atoms. The number of benzene rings is 3. The van der Waals surface area contributed by atoms with E-state index in [1.807, 2.05) is 30.0 Å². The Morgan fingerprint density at radius 3 is 1.92 bits per heavy atom. The Morgan fingerprint density at radius 2 is 1.46 bits per heavy atom. The van der Waals surface area contributed by atoms with Crippen molar-refractivity contribution in [1.82, 2.24) is 4.90 Å². The maximum atomic E-state index is 12.9. The predicted molar refractivity (Wildman–Crippen MR) is 152 cm³/mol. The molecule has 2 unspecified atom stereocenters. The molecule has 1 heterocycles. The second-order valence-corrected chi connectivity index (χ2v) is 11.1. The number of carboxylic acid groups (broad SMARTS) is 1. The fourth-order valence-electron chi connectivity index (χ4n) is 4.54. The summed E-state index contributed by atoms with van der Waals surface area (Å²) >= 11 is 3.15. The standard InChI is InChI=1S/C30H29NO4S2/c1-2-19-35-29(34)31-22-26(21-27(31)36-20-18-28(32)33)37-30(23-12-6-3-7-13-23,24-14-8-4-9-15-24)25-16-10-5-11-17-25/h2-18,20,26-27H,1,19,21-22H2,(H,32,33)/b20-18-. The highest BCUT2D eigenvalue weighted by molar-refractivity contribution is 8.03. The number of rotatable bonds is 10. The Bertz CT molecular complexity index is 1120. The van der Waals surface area contributed by atoms with Gasteiger partial charge in [0.15, 0.2) is 0 Å². The van der Waals surface area contributed by atoms with Crippen LogP contribution in [-0.4, -0.2) is 45.8 Å². The lowest BCUT2D eigenvalue weighted by molar-refractivity contribution is -0.131. The van der Waals surface area contributed by atoms with Gasteiger partial charge in [0.2, 0.25) is 0 Å². The van der Waals surface area contributed by atoms with Crippen molar-refractivity contribution >= 4 is 35.6 Å². The predicted octanol–water partition coefficient (Wildman–Crippen LogP) is 6.77. The molecule has 7 heteroatoms. The number of amides is 1. The molecular weight excluding hydrogens is 502 g/mol. The van der Waals surface area contributed by atoms with Crippen LogP contribution >= 0.6 is 23.5 Å². The summed E-state index contributed by atoms with van der Waals surface area (Å²) < 4.78 is 4.86. The molecule has 0 bridgehead atoms. The maximum Gasteiger partial charge on any atom is 0.411 e. The van der Waals surface area contributed by atoms with Gasteiger partial charge in [0, 0.05) is 17.9 Å². The zero-order chi connectivity index (χ0) is 26.1. The summed E-state index contributed by atoms with van der Waals surface area (Å²) in [6, 6.07) is 31.3. The fraction of sp³-hybridized carbons (Fsp3) is 0.200. The van der Waals surface area contributed by atoms with Crippen molar-refractivity contribution < 1.29 is 19.4 Å². The Hall–Kier alpha value is -3.42. The first-order valence-electron chi connectivity index (χ1n) is 12.0. The van der Waals surface area contributed by atoms with Crippen LogP contribution in [0.1, 0.15) is 23.1 Å². The first-order chi connectivity index (χ1) is 18.0. The molecule has 5 nitrogen and oxygen atoms in total. The van der Waals surface area contributed by atoms with E-state index in [1.54, 1.807) is 4.90 Å². The minimum absolute atomic E-state index is 0.0626. The van der Waals surface area contributed by atoms with Crippen molar-refractivity contribution in [1.29, 1.82) is 0 Å². The molecule has 0 saturated carbocycles. The molecule has 1 aliphatic heterocycles. The van der Waals surface area contributed by atoms with E-state index >= 15 is 0 Å². The molecule has 4 rings (SSSR count). The summed E-state index contributed by atoms with van der Waals surface area (Å²) in [6.07, 6.45) is 2.89. The first kappa shape index (κ1) is 26.6. The van der Waals surface area contributed by atoms with Gasteiger partial charge < -0.3 is 9.84 Å². The highest BCUT2D eigenvalue weighted by Crippen LogP contribution is 2.52. The van der Waals surface area contributed by atoms with Crippen LogP contribution in [0.2, 0.25) is 0 Å². The van der Waals surface area contributed by atoms with E-state index in [9.17, 15) is 9.59 Å². The van der Waals surface area contributed by atoms with Crippen LogP contribution in [0.25, 0.3) is 0 Å². The number of likely N-dealkylation sites (tertiary alicyclic amines) is 1. The third-order valence-electron chi connectivity index (χ3n) is 6.10. The van der Waals surface area contributed by atoms with Gasteiger partial charge in [-0.3, -0.25) is 4.90 Å². The van der Waals surface area contributed by atoms with E-state index in [0.29, 0.717) is 13.0 Å². The van der Waals surface area contributed by atoms with Gasteiger partial charge in [-0.15, -0.1) is 23.5 Å². The van der Waals surface area contributed by atoms with Crippen LogP contribution < -0.4 is 0 Å². The highest BCUT2D eigenvalue weighted by atomic mass is 32.2. The number of aliphatic carboxylic acids is 1. The molecule has 3 aromatic carbocycles. The van der Waals surface area contributed by atoms with Gasteiger partial charge in [-0.2, -0.15) is 0 Å². The Kier molecular flexibility index (Phi) is 9.14. The molecule has 190 valence electrons. The molecule has 0 aromatic heterocycles. The number of ether oxygens (including phenoxy) is 1. The lowest BCUT2D eigenvalue weighted by Crippen LogP contribution is -2.35. The van der Waals surface area contributed by atoms with Crippen molar-refractivity contribution in [2.24, 2.45) is 0 Å². The van der Waals surface area contributed by atoms with E-state index < -0.39 is 16.8 Å². The third kappa shape index (κ3) is 6.29. The Morgan fingerprint density at radius 1 is 0.946 bits per heavy atom.